The summed E-state index contributed by atoms with van der Waals surface area (Å²) >= 11 is 8.80. The zero-order valence-electron chi connectivity index (χ0n) is 9.56. The first-order chi connectivity index (χ1) is 8.81. The maximum Gasteiger partial charge on any atom is 0.282 e. The van der Waals surface area contributed by atoms with E-state index in [4.69, 9.17) is 11.6 Å². The summed E-state index contributed by atoms with van der Waals surface area (Å²) in [7, 11) is -2.39. The van der Waals surface area contributed by atoms with Gasteiger partial charge in [0.05, 0.1) is 16.5 Å². The molecule has 0 amide bonds. The number of sulfonamides is 1. The molecule has 0 fully saturated rings. The first kappa shape index (κ1) is 14.3. The molecule has 102 valence electrons. The van der Waals surface area contributed by atoms with Gasteiger partial charge >= 0.3 is 0 Å². The summed E-state index contributed by atoms with van der Waals surface area (Å²) in [5.41, 5.74) is 0.0856. The summed E-state index contributed by atoms with van der Waals surface area (Å²) in [5, 5.41) is -0.329. The summed E-state index contributed by atoms with van der Waals surface area (Å²) < 4.78 is 41.2. The summed E-state index contributed by atoms with van der Waals surface area (Å²) in [4.78, 5) is 3.70. The lowest BCUT2D eigenvalue weighted by Gasteiger charge is -2.07. The molecule has 0 spiro atoms. The number of hydrogen-bond acceptors (Lipinski definition) is 3. The summed E-state index contributed by atoms with van der Waals surface area (Å²) in [6.45, 7) is 0. The lowest BCUT2D eigenvalue weighted by molar-refractivity contribution is 0.598. The number of aromatic nitrogens is 2. The largest absolute Gasteiger partial charge is 0.324 e. The third-order valence-electron chi connectivity index (χ3n) is 2.26. The van der Waals surface area contributed by atoms with E-state index in [0.717, 1.165) is 6.07 Å². The predicted octanol–water partition coefficient (Wildman–Crippen LogP) is 2.78. The Morgan fingerprint density at radius 1 is 1.47 bits per heavy atom. The molecule has 0 aliphatic heterocycles. The summed E-state index contributed by atoms with van der Waals surface area (Å²) in [6.07, 6.45) is 1.28. The van der Waals surface area contributed by atoms with Gasteiger partial charge in [-0.05, 0) is 34.1 Å². The van der Waals surface area contributed by atoms with Gasteiger partial charge in [-0.2, -0.15) is 8.42 Å². The van der Waals surface area contributed by atoms with Crippen LogP contribution < -0.4 is 4.72 Å². The van der Waals surface area contributed by atoms with Crippen LogP contribution >= 0.6 is 27.5 Å². The second-order valence-corrected chi connectivity index (χ2v) is 6.50. The highest BCUT2D eigenvalue weighted by Crippen LogP contribution is 2.24. The van der Waals surface area contributed by atoms with Crippen molar-refractivity contribution in [1.82, 2.24) is 9.55 Å². The number of imidazole rings is 1. The zero-order valence-corrected chi connectivity index (χ0v) is 12.7. The zero-order chi connectivity index (χ0) is 14.2. The molecule has 1 N–H and O–H groups in total. The normalized spacial score (nSPS) is 11.6. The van der Waals surface area contributed by atoms with E-state index in [1.54, 1.807) is 7.05 Å². The molecular weight excluding hydrogens is 361 g/mol. The van der Waals surface area contributed by atoms with Crippen LogP contribution in [0.15, 0.2) is 34.0 Å². The average Bonchev–Trinajstić information content (AvgIpc) is 2.65. The number of benzene rings is 1. The van der Waals surface area contributed by atoms with Gasteiger partial charge in [-0.3, -0.25) is 4.72 Å². The molecule has 19 heavy (non-hydrogen) atoms. The quantitative estimate of drug-likeness (QED) is 0.906. The Labute approximate surface area is 122 Å². The van der Waals surface area contributed by atoms with Crippen molar-refractivity contribution in [3.63, 3.8) is 0 Å². The van der Waals surface area contributed by atoms with Crippen LogP contribution in [0, 0.1) is 5.82 Å². The van der Waals surface area contributed by atoms with Crippen LogP contribution in [0.5, 0.6) is 0 Å². The molecule has 0 aliphatic carbocycles. The topological polar surface area (TPSA) is 64.0 Å². The van der Waals surface area contributed by atoms with Crippen molar-refractivity contribution < 1.29 is 12.8 Å². The number of anilines is 1. The van der Waals surface area contributed by atoms with Crippen LogP contribution in [0.3, 0.4) is 0 Å². The first-order valence-corrected chi connectivity index (χ1v) is 7.61. The van der Waals surface area contributed by atoms with Gasteiger partial charge < -0.3 is 4.57 Å². The van der Waals surface area contributed by atoms with E-state index < -0.39 is 15.8 Å². The fourth-order valence-corrected chi connectivity index (χ4v) is 3.07. The number of aryl methyl sites for hydroxylation is 1. The summed E-state index contributed by atoms with van der Waals surface area (Å²) in [6, 6.07) is 3.87. The van der Waals surface area contributed by atoms with E-state index >= 15 is 0 Å². The minimum absolute atomic E-state index is 0.0231. The molecule has 1 heterocycles. The minimum atomic E-state index is -3.95. The molecule has 0 bridgehead atoms. The van der Waals surface area contributed by atoms with Crippen molar-refractivity contribution in [1.29, 1.82) is 0 Å². The van der Waals surface area contributed by atoms with Crippen molar-refractivity contribution in [3.05, 3.63) is 40.0 Å². The molecule has 0 saturated carbocycles. The second kappa shape index (κ2) is 5.10. The smallest absolute Gasteiger partial charge is 0.282 e. The SMILES string of the molecule is Cn1cnc(S(=O)(=O)Nc2ccc(Br)c(F)c2)c1Cl. The maximum atomic E-state index is 13.3. The van der Waals surface area contributed by atoms with E-state index in [2.05, 4.69) is 25.6 Å². The lowest BCUT2D eigenvalue weighted by atomic mass is 10.3. The highest BCUT2D eigenvalue weighted by atomic mass is 79.9. The van der Waals surface area contributed by atoms with Gasteiger partial charge in [0.2, 0.25) is 5.03 Å². The van der Waals surface area contributed by atoms with Gasteiger partial charge in [0.1, 0.15) is 11.0 Å². The molecular formula is C10H8BrClFN3O2S. The van der Waals surface area contributed by atoms with Crippen LogP contribution in [0.1, 0.15) is 0 Å². The number of rotatable bonds is 3. The second-order valence-electron chi connectivity index (χ2n) is 3.69. The minimum Gasteiger partial charge on any atom is -0.324 e. The maximum absolute atomic E-state index is 13.3. The highest BCUT2D eigenvalue weighted by Gasteiger charge is 2.22. The Morgan fingerprint density at radius 3 is 2.68 bits per heavy atom. The van der Waals surface area contributed by atoms with Gasteiger partial charge in [0.25, 0.3) is 10.0 Å². The van der Waals surface area contributed by atoms with Gasteiger partial charge in [0, 0.05) is 7.05 Å². The molecule has 2 rings (SSSR count). The van der Waals surface area contributed by atoms with Crippen molar-refractivity contribution in [2.75, 3.05) is 4.72 Å². The monoisotopic (exact) mass is 367 g/mol. The third kappa shape index (κ3) is 2.90. The van der Waals surface area contributed by atoms with E-state index in [9.17, 15) is 12.8 Å². The van der Waals surface area contributed by atoms with Crippen LogP contribution in [0.2, 0.25) is 5.15 Å². The molecule has 0 radical (unpaired) electrons. The molecule has 1 aromatic heterocycles. The van der Waals surface area contributed by atoms with E-state index in [1.807, 2.05) is 0 Å². The number of halogens is 3. The van der Waals surface area contributed by atoms with E-state index in [0.29, 0.717) is 0 Å². The van der Waals surface area contributed by atoms with E-state index in [-0.39, 0.29) is 20.3 Å². The highest BCUT2D eigenvalue weighted by molar-refractivity contribution is 9.10. The number of nitrogens with one attached hydrogen (secondary N) is 1. The molecule has 1 aromatic carbocycles. The standard InChI is InChI=1S/C10H8BrClFN3O2S/c1-16-5-14-10(9(16)12)19(17,18)15-6-2-3-7(11)8(13)4-6/h2-5,15H,1H3. The molecule has 5 nitrogen and oxygen atoms in total. The Morgan fingerprint density at radius 2 is 2.16 bits per heavy atom. The number of hydrogen-bond donors (Lipinski definition) is 1. The van der Waals surface area contributed by atoms with Crippen LogP contribution in [-0.4, -0.2) is 18.0 Å². The number of nitrogens with zero attached hydrogens (tertiary/aromatic N) is 2. The van der Waals surface area contributed by atoms with Gasteiger partial charge in [0.15, 0.2) is 0 Å². The van der Waals surface area contributed by atoms with Crippen molar-refractivity contribution in [2.24, 2.45) is 7.05 Å². The third-order valence-corrected chi connectivity index (χ3v) is 4.77. The van der Waals surface area contributed by atoms with Gasteiger partial charge in [-0.15, -0.1) is 0 Å². The Hall–Kier alpha value is -1.12. The fraction of sp³-hybridized carbons (Fsp3) is 0.100. The van der Waals surface area contributed by atoms with Crippen molar-refractivity contribution in [3.8, 4) is 0 Å². The van der Waals surface area contributed by atoms with Gasteiger partial charge in [-0.1, -0.05) is 11.6 Å². The Bertz CT molecular complexity index is 732. The molecule has 0 saturated heterocycles. The Balaban J connectivity index is 2.36. The van der Waals surface area contributed by atoms with E-state index in [1.165, 1.54) is 23.0 Å². The van der Waals surface area contributed by atoms with Crippen LogP contribution in [0.4, 0.5) is 10.1 Å². The average molecular weight is 369 g/mol. The predicted molar refractivity (Wildman–Crippen MR) is 73.1 cm³/mol. The molecule has 0 aliphatic rings. The fourth-order valence-electron chi connectivity index (χ4n) is 1.34. The van der Waals surface area contributed by atoms with Crippen molar-refractivity contribution >= 4 is 43.2 Å². The molecule has 9 heteroatoms. The first-order valence-electron chi connectivity index (χ1n) is 4.96. The molecule has 0 unspecified atom stereocenters. The van der Waals surface area contributed by atoms with Crippen LogP contribution in [-0.2, 0) is 17.1 Å². The van der Waals surface area contributed by atoms with Gasteiger partial charge in [-0.25, -0.2) is 9.37 Å². The lowest BCUT2D eigenvalue weighted by Crippen LogP contribution is -2.14. The molecule has 0 atom stereocenters. The molecule has 2 aromatic rings. The van der Waals surface area contributed by atoms with Crippen LogP contribution in [0.25, 0.3) is 0 Å². The van der Waals surface area contributed by atoms with Crippen molar-refractivity contribution in [2.45, 2.75) is 5.03 Å². The summed E-state index contributed by atoms with van der Waals surface area (Å²) in [5.74, 6) is -0.577. The Kier molecular flexibility index (Phi) is 3.84.